The van der Waals surface area contributed by atoms with E-state index in [4.69, 9.17) is 9.15 Å². The van der Waals surface area contributed by atoms with Gasteiger partial charge >= 0.3 is 12.4 Å². The number of benzene rings is 1. The normalized spacial score (nSPS) is 23.5. The molecule has 3 unspecified atom stereocenters. The molecule has 2 fully saturated rings. The van der Waals surface area contributed by atoms with Crippen LogP contribution in [0.5, 0.6) is 5.75 Å². The highest BCUT2D eigenvalue weighted by Gasteiger charge is 2.65. The fourth-order valence-corrected chi connectivity index (χ4v) is 4.69. The fraction of sp³-hybridized carbons (Fsp3) is 0.500. The molecule has 1 amide bonds. The number of oxazole rings is 1. The lowest BCUT2D eigenvalue weighted by Gasteiger charge is -2.24. The number of aromatic nitrogens is 1. The minimum absolute atomic E-state index is 0.0833. The number of rotatable bonds is 5. The fourth-order valence-electron chi connectivity index (χ4n) is 4.04. The van der Waals surface area contributed by atoms with Crippen LogP contribution in [0.2, 0.25) is 0 Å². The van der Waals surface area contributed by atoms with Crippen LogP contribution in [0.15, 0.2) is 33.7 Å². The Morgan fingerprint density at radius 1 is 1.26 bits per heavy atom. The summed E-state index contributed by atoms with van der Waals surface area (Å²) in [6.45, 7) is 0.727. The maximum atomic E-state index is 13.2. The van der Waals surface area contributed by atoms with E-state index in [9.17, 15) is 39.6 Å². The minimum Gasteiger partial charge on any atom is -0.480 e. The van der Waals surface area contributed by atoms with Crippen LogP contribution < -0.4 is 4.74 Å². The number of sulfone groups is 1. The van der Waals surface area contributed by atoms with Gasteiger partial charge in [0.05, 0.1) is 22.1 Å². The molecule has 3 atom stereocenters. The Bertz CT molecular complexity index is 1240. The van der Waals surface area contributed by atoms with E-state index in [1.165, 1.54) is 4.90 Å². The summed E-state index contributed by atoms with van der Waals surface area (Å²) >= 11 is 0. The van der Waals surface area contributed by atoms with Crippen molar-refractivity contribution in [2.24, 2.45) is 5.92 Å². The maximum absolute atomic E-state index is 13.2. The Labute approximate surface area is 189 Å². The van der Waals surface area contributed by atoms with E-state index < -0.39 is 56.7 Å². The highest BCUT2D eigenvalue weighted by molar-refractivity contribution is 7.90. The van der Waals surface area contributed by atoms with Crippen molar-refractivity contribution in [1.29, 1.82) is 0 Å². The van der Waals surface area contributed by atoms with E-state index in [0.717, 1.165) is 31.4 Å². The first kappa shape index (κ1) is 24.4. The lowest BCUT2D eigenvalue weighted by atomic mass is 10.1. The van der Waals surface area contributed by atoms with Gasteiger partial charge in [0, 0.05) is 19.3 Å². The van der Waals surface area contributed by atoms with Crippen LogP contribution >= 0.6 is 0 Å². The molecule has 0 bridgehead atoms. The predicted molar refractivity (Wildman–Crippen MR) is 103 cm³/mol. The number of halogens is 6. The lowest BCUT2D eigenvalue weighted by molar-refractivity contribution is -0.189. The molecule has 1 aliphatic heterocycles. The zero-order chi connectivity index (χ0) is 25.3. The predicted octanol–water partition coefficient (Wildman–Crippen LogP) is 3.84. The smallest absolute Gasteiger partial charge is 0.451 e. The Morgan fingerprint density at radius 2 is 1.94 bits per heavy atom. The van der Waals surface area contributed by atoms with Gasteiger partial charge in [-0.1, -0.05) is 0 Å². The molecule has 2 aromatic rings. The number of likely N-dealkylation sites (tertiary alicyclic amines) is 1. The van der Waals surface area contributed by atoms with E-state index in [-0.39, 0.29) is 29.8 Å². The molecule has 0 N–H and O–H groups in total. The molecule has 1 aliphatic carbocycles. The summed E-state index contributed by atoms with van der Waals surface area (Å²) < 4.78 is 111. The van der Waals surface area contributed by atoms with E-state index in [1.54, 1.807) is 0 Å². The van der Waals surface area contributed by atoms with Crippen LogP contribution in [-0.4, -0.2) is 55.8 Å². The summed E-state index contributed by atoms with van der Waals surface area (Å²) in [5.74, 6) is -2.98. The van der Waals surface area contributed by atoms with Crippen LogP contribution in [0.4, 0.5) is 26.3 Å². The molecular formula is C20H18F6N2O5S. The molecule has 14 heteroatoms. The van der Waals surface area contributed by atoms with Gasteiger partial charge in [-0.25, -0.2) is 13.4 Å². The van der Waals surface area contributed by atoms with Gasteiger partial charge < -0.3 is 14.1 Å². The summed E-state index contributed by atoms with van der Waals surface area (Å²) in [6, 6.07) is 2.93. The topological polar surface area (TPSA) is 89.7 Å². The van der Waals surface area contributed by atoms with E-state index in [0.29, 0.717) is 12.6 Å². The molecule has 2 heterocycles. The monoisotopic (exact) mass is 512 g/mol. The first-order valence-corrected chi connectivity index (χ1v) is 11.8. The van der Waals surface area contributed by atoms with Crippen molar-refractivity contribution in [1.82, 2.24) is 9.88 Å². The van der Waals surface area contributed by atoms with Gasteiger partial charge in [-0.05, 0) is 37.5 Å². The molecular weight excluding hydrogens is 494 g/mol. The second kappa shape index (κ2) is 7.62. The standard InChI is InChI=1S/C20H18F6N2O5S/c1-10(19(21,22)23)32-14-4-3-12(34(2,30)31)5-13(14)16(29)28-8-11-6-18(11,9-28)17-27-7-15(33-17)20(24,25)26/h3-5,7,10-11H,6,8-9H2,1-2H3. The molecule has 34 heavy (non-hydrogen) atoms. The molecule has 0 radical (unpaired) electrons. The average molecular weight is 512 g/mol. The molecule has 186 valence electrons. The summed E-state index contributed by atoms with van der Waals surface area (Å²) in [7, 11) is -3.80. The quantitative estimate of drug-likeness (QED) is 0.566. The number of hydrogen-bond acceptors (Lipinski definition) is 6. The molecule has 7 nitrogen and oxygen atoms in total. The number of carbonyl (C=O) groups excluding carboxylic acids is 1. The van der Waals surface area contributed by atoms with Crippen molar-refractivity contribution in [2.45, 2.75) is 42.1 Å². The van der Waals surface area contributed by atoms with Gasteiger partial charge in [-0.2, -0.15) is 26.3 Å². The summed E-state index contributed by atoms with van der Waals surface area (Å²) in [6.07, 6.45) is -9.90. The molecule has 1 saturated heterocycles. The van der Waals surface area contributed by atoms with Crippen LogP contribution in [-0.2, 0) is 21.4 Å². The Hall–Kier alpha value is -2.77. The zero-order valence-electron chi connectivity index (χ0n) is 17.7. The van der Waals surface area contributed by atoms with Crippen LogP contribution in [0.25, 0.3) is 0 Å². The largest absolute Gasteiger partial charge is 0.480 e. The Balaban J connectivity index is 1.63. The van der Waals surface area contributed by atoms with Crippen molar-refractivity contribution in [3.63, 3.8) is 0 Å². The second-order valence-corrected chi connectivity index (χ2v) is 10.5. The van der Waals surface area contributed by atoms with Gasteiger partial charge in [0.25, 0.3) is 5.91 Å². The number of alkyl halides is 6. The van der Waals surface area contributed by atoms with Gasteiger partial charge in [-0.3, -0.25) is 4.79 Å². The SMILES string of the molecule is CC(Oc1ccc(S(C)(=O)=O)cc1C(=O)N1CC2CC2(c2ncc(C(F)(F)F)o2)C1)C(F)(F)F. The van der Waals surface area contributed by atoms with Gasteiger partial charge in [0.15, 0.2) is 15.9 Å². The van der Waals surface area contributed by atoms with Crippen molar-refractivity contribution < 1.29 is 48.7 Å². The van der Waals surface area contributed by atoms with Crippen molar-refractivity contribution in [3.8, 4) is 5.75 Å². The molecule has 1 aromatic carbocycles. The Morgan fingerprint density at radius 3 is 2.50 bits per heavy atom. The molecule has 0 spiro atoms. The second-order valence-electron chi connectivity index (χ2n) is 8.50. The van der Waals surface area contributed by atoms with Crippen molar-refractivity contribution in [3.05, 3.63) is 41.6 Å². The number of fused-ring (bicyclic) bond motifs is 1. The van der Waals surface area contributed by atoms with Gasteiger partial charge in [0.2, 0.25) is 11.7 Å². The molecule has 1 aromatic heterocycles. The summed E-state index contributed by atoms with van der Waals surface area (Å²) in [4.78, 5) is 17.9. The van der Waals surface area contributed by atoms with Crippen LogP contribution in [0, 0.1) is 5.92 Å². The highest BCUT2D eigenvalue weighted by Crippen LogP contribution is 2.59. The minimum atomic E-state index is -4.74. The number of hydrogen-bond donors (Lipinski definition) is 0. The number of ether oxygens (including phenoxy) is 1. The number of piperidine rings is 1. The highest BCUT2D eigenvalue weighted by atomic mass is 32.2. The maximum Gasteiger partial charge on any atom is 0.451 e. The number of nitrogens with zero attached hydrogens (tertiary/aromatic N) is 2. The van der Waals surface area contributed by atoms with E-state index in [2.05, 4.69) is 4.98 Å². The number of amides is 1. The third-order valence-electron chi connectivity index (χ3n) is 6.02. The van der Waals surface area contributed by atoms with E-state index in [1.807, 2.05) is 0 Å². The van der Waals surface area contributed by atoms with Crippen LogP contribution in [0.1, 0.15) is 35.4 Å². The van der Waals surface area contributed by atoms with Crippen molar-refractivity contribution >= 4 is 15.7 Å². The summed E-state index contributed by atoms with van der Waals surface area (Å²) in [5.41, 5.74) is -1.34. The molecule has 4 rings (SSSR count). The Kier molecular flexibility index (Phi) is 5.46. The molecule has 2 aliphatic rings. The molecule has 1 saturated carbocycles. The third kappa shape index (κ3) is 4.34. The lowest BCUT2D eigenvalue weighted by Crippen LogP contribution is -2.35. The van der Waals surface area contributed by atoms with Gasteiger partial charge in [0.1, 0.15) is 5.75 Å². The van der Waals surface area contributed by atoms with Crippen molar-refractivity contribution in [2.75, 3.05) is 19.3 Å². The zero-order valence-corrected chi connectivity index (χ0v) is 18.5. The third-order valence-corrected chi connectivity index (χ3v) is 7.13. The van der Waals surface area contributed by atoms with Gasteiger partial charge in [-0.15, -0.1) is 0 Å². The van der Waals surface area contributed by atoms with Crippen LogP contribution in [0.3, 0.4) is 0 Å². The summed E-state index contributed by atoms with van der Waals surface area (Å²) in [5, 5.41) is 0. The average Bonchev–Trinajstić information content (AvgIpc) is 3.07. The first-order valence-electron chi connectivity index (χ1n) is 9.92. The first-order chi connectivity index (χ1) is 15.5. The van der Waals surface area contributed by atoms with E-state index >= 15 is 0 Å². The number of carbonyl (C=O) groups is 1.